The molecule has 1 heterocycles. The summed E-state index contributed by atoms with van der Waals surface area (Å²) in [6, 6.07) is 1.97. The zero-order valence-electron chi connectivity index (χ0n) is 13.2. The predicted octanol–water partition coefficient (Wildman–Crippen LogP) is 2.44. The molecule has 0 fully saturated rings. The van der Waals surface area contributed by atoms with Gasteiger partial charge in [-0.05, 0) is 51.2 Å². The maximum atomic E-state index is 7.72. The number of aromatic nitrogens is 1. The van der Waals surface area contributed by atoms with E-state index in [-0.39, 0.29) is 11.4 Å². The van der Waals surface area contributed by atoms with Crippen LogP contribution in [0.5, 0.6) is 5.88 Å². The molecule has 0 saturated heterocycles. The Morgan fingerprint density at radius 3 is 2.76 bits per heavy atom. The van der Waals surface area contributed by atoms with E-state index < -0.39 is 0 Å². The molecule has 0 aromatic carbocycles. The molecule has 1 aliphatic carbocycles. The van der Waals surface area contributed by atoms with Crippen LogP contribution >= 0.6 is 0 Å². The molecule has 2 rings (SSSR count). The Morgan fingerprint density at radius 1 is 1.38 bits per heavy atom. The van der Waals surface area contributed by atoms with E-state index in [1.165, 1.54) is 12.0 Å². The van der Waals surface area contributed by atoms with Gasteiger partial charge in [-0.15, -0.1) is 0 Å². The molecule has 1 aliphatic rings. The van der Waals surface area contributed by atoms with Crippen LogP contribution in [0.2, 0.25) is 0 Å². The lowest BCUT2D eigenvalue weighted by atomic mass is 9.95. The molecule has 5 nitrogen and oxygen atoms in total. The molecule has 1 aromatic heterocycles. The summed E-state index contributed by atoms with van der Waals surface area (Å²) in [4.78, 5) is 4.60. The van der Waals surface area contributed by atoms with Gasteiger partial charge >= 0.3 is 0 Å². The smallest absolute Gasteiger partial charge is 0.224 e. The molecule has 0 atom stereocenters. The number of amidine groups is 1. The minimum Gasteiger partial charge on any atom is -0.477 e. The van der Waals surface area contributed by atoms with Crippen LogP contribution in [0.15, 0.2) is 6.07 Å². The number of hydrogen-bond donors (Lipinski definition) is 2. The van der Waals surface area contributed by atoms with E-state index in [2.05, 4.69) is 4.98 Å². The fourth-order valence-corrected chi connectivity index (χ4v) is 2.41. The SMILES string of the molecule is COC(C)(C)CCOc1nc2c(cc1C(=N)N)CCCC2. The molecule has 116 valence electrons. The molecular weight excluding hydrogens is 266 g/mol. The van der Waals surface area contributed by atoms with Crippen molar-refractivity contribution in [2.75, 3.05) is 13.7 Å². The Labute approximate surface area is 126 Å². The second kappa shape index (κ2) is 6.43. The third-order valence-corrected chi connectivity index (χ3v) is 4.05. The van der Waals surface area contributed by atoms with Crippen LogP contribution in [-0.2, 0) is 17.6 Å². The number of nitrogen functional groups attached to an aromatic ring is 1. The zero-order valence-corrected chi connectivity index (χ0v) is 13.2. The van der Waals surface area contributed by atoms with E-state index >= 15 is 0 Å². The standard InChI is InChI=1S/C16H25N3O2/c1-16(2,20-3)8-9-21-15-12(14(17)18)10-11-6-4-5-7-13(11)19-15/h10H,4-9H2,1-3H3,(H3,17,18). The van der Waals surface area contributed by atoms with Crippen molar-refractivity contribution in [3.05, 3.63) is 22.9 Å². The van der Waals surface area contributed by atoms with E-state index in [1.54, 1.807) is 7.11 Å². The normalized spacial score (nSPS) is 14.6. The quantitative estimate of drug-likeness (QED) is 0.623. The molecule has 1 aromatic rings. The first-order chi connectivity index (χ1) is 9.93. The maximum Gasteiger partial charge on any atom is 0.224 e. The van der Waals surface area contributed by atoms with Crippen molar-refractivity contribution in [1.82, 2.24) is 4.98 Å². The molecule has 21 heavy (non-hydrogen) atoms. The number of nitrogens with one attached hydrogen (secondary N) is 1. The second-order valence-electron chi connectivity index (χ2n) is 6.13. The Kier molecular flexibility index (Phi) is 4.83. The lowest BCUT2D eigenvalue weighted by Gasteiger charge is -2.23. The molecule has 0 aliphatic heterocycles. The van der Waals surface area contributed by atoms with Gasteiger partial charge in [-0.2, -0.15) is 0 Å². The number of hydrogen-bond acceptors (Lipinski definition) is 4. The minimum atomic E-state index is -0.232. The van der Waals surface area contributed by atoms with Gasteiger partial charge in [0.1, 0.15) is 5.84 Å². The first-order valence-electron chi connectivity index (χ1n) is 7.48. The molecular formula is C16H25N3O2. The third kappa shape index (κ3) is 3.94. The van der Waals surface area contributed by atoms with Gasteiger partial charge in [0.05, 0.1) is 17.8 Å². The Balaban J connectivity index is 2.15. The van der Waals surface area contributed by atoms with Crippen molar-refractivity contribution in [2.45, 2.75) is 51.6 Å². The van der Waals surface area contributed by atoms with Crippen LogP contribution in [0.1, 0.15) is 49.9 Å². The van der Waals surface area contributed by atoms with Crippen LogP contribution < -0.4 is 10.5 Å². The summed E-state index contributed by atoms with van der Waals surface area (Å²) in [5, 5.41) is 7.72. The third-order valence-electron chi connectivity index (χ3n) is 4.05. The molecule has 0 unspecified atom stereocenters. The van der Waals surface area contributed by atoms with Gasteiger partial charge in [0.15, 0.2) is 0 Å². The van der Waals surface area contributed by atoms with E-state index in [1.807, 2.05) is 19.9 Å². The molecule has 0 amide bonds. The number of fused-ring (bicyclic) bond motifs is 1. The summed E-state index contributed by atoms with van der Waals surface area (Å²) in [6.45, 7) is 4.53. The molecule has 3 N–H and O–H groups in total. The van der Waals surface area contributed by atoms with Gasteiger partial charge < -0.3 is 15.2 Å². The van der Waals surface area contributed by atoms with E-state index in [9.17, 15) is 0 Å². The largest absolute Gasteiger partial charge is 0.477 e. The van der Waals surface area contributed by atoms with Gasteiger partial charge in [0.25, 0.3) is 0 Å². The van der Waals surface area contributed by atoms with Crippen LogP contribution in [0.3, 0.4) is 0 Å². The summed E-state index contributed by atoms with van der Waals surface area (Å²) < 4.78 is 11.2. The highest BCUT2D eigenvalue weighted by atomic mass is 16.5. The van der Waals surface area contributed by atoms with Crippen LogP contribution in [-0.4, -0.2) is 30.1 Å². The first-order valence-corrected chi connectivity index (χ1v) is 7.48. The van der Waals surface area contributed by atoms with Crippen molar-refractivity contribution in [3.8, 4) is 5.88 Å². The molecule has 0 radical (unpaired) electrons. The summed E-state index contributed by atoms with van der Waals surface area (Å²) >= 11 is 0. The van der Waals surface area contributed by atoms with Crippen molar-refractivity contribution < 1.29 is 9.47 Å². The number of rotatable bonds is 6. The van der Waals surface area contributed by atoms with Crippen molar-refractivity contribution in [2.24, 2.45) is 5.73 Å². The lowest BCUT2D eigenvalue weighted by molar-refractivity contribution is 0.00505. The van der Waals surface area contributed by atoms with Crippen molar-refractivity contribution >= 4 is 5.84 Å². The summed E-state index contributed by atoms with van der Waals surface area (Å²) in [5.74, 6) is 0.493. The van der Waals surface area contributed by atoms with Crippen molar-refractivity contribution in [1.29, 1.82) is 5.41 Å². The second-order valence-corrected chi connectivity index (χ2v) is 6.13. The lowest BCUT2D eigenvalue weighted by Crippen LogP contribution is -2.26. The minimum absolute atomic E-state index is 0.0110. The number of nitrogens with two attached hydrogens (primary N) is 1. The van der Waals surface area contributed by atoms with E-state index in [4.69, 9.17) is 20.6 Å². The van der Waals surface area contributed by atoms with E-state index in [0.717, 1.165) is 31.4 Å². The summed E-state index contributed by atoms with van der Waals surface area (Å²) in [6.07, 6.45) is 5.08. The van der Waals surface area contributed by atoms with Gasteiger partial charge in [0, 0.05) is 19.2 Å². The van der Waals surface area contributed by atoms with E-state index in [0.29, 0.717) is 18.1 Å². The van der Waals surface area contributed by atoms with Crippen LogP contribution in [0.4, 0.5) is 0 Å². The van der Waals surface area contributed by atoms with Crippen LogP contribution in [0.25, 0.3) is 0 Å². The molecule has 0 spiro atoms. The molecule has 0 saturated carbocycles. The highest BCUT2D eigenvalue weighted by Crippen LogP contribution is 2.26. The van der Waals surface area contributed by atoms with Gasteiger partial charge in [-0.1, -0.05) is 0 Å². The molecule has 5 heteroatoms. The first kappa shape index (κ1) is 15.8. The van der Waals surface area contributed by atoms with Gasteiger partial charge in [-0.25, -0.2) is 4.98 Å². The fraction of sp³-hybridized carbons (Fsp3) is 0.625. The fourth-order valence-electron chi connectivity index (χ4n) is 2.41. The number of methoxy groups -OCH3 is 1. The average molecular weight is 291 g/mol. The molecule has 0 bridgehead atoms. The highest BCUT2D eigenvalue weighted by Gasteiger charge is 2.20. The predicted molar refractivity (Wildman–Crippen MR) is 83.1 cm³/mol. The number of pyridine rings is 1. The average Bonchev–Trinajstić information content (AvgIpc) is 2.46. The number of aryl methyl sites for hydroxylation is 2. The zero-order chi connectivity index (χ0) is 15.5. The highest BCUT2D eigenvalue weighted by molar-refractivity contribution is 5.97. The van der Waals surface area contributed by atoms with Crippen LogP contribution in [0, 0.1) is 5.41 Å². The number of nitrogens with zero attached hydrogens (tertiary/aromatic N) is 1. The van der Waals surface area contributed by atoms with Crippen molar-refractivity contribution in [3.63, 3.8) is 0 Å². The Morgan fingerprint density at radius 2 is 2.10 bits per heavy atom. The van der Waals surface area contributed by atoms with Gasteiger partial charge in [-0.3, -0.25) is 5.41 Å². The van der Waals surface area contributed by atoms with Gasteiger partial charge in [0.2, 0.25) is 5.88 Å². The summed E-state index contributed by atoms with van der Waals surface area (Å²) in [7, 11) is 1.69. The topological polar surface area (TPSA) is 81.2 Å². The number of ether oxygens (including phenoxy) is 2. The Bertz CT molecular complexity index is 526. The maximum absolute atomic E-state index is 7.72. The summed E-state index contributed by atoms with van der Waals surface area (Å²) in [5.41, 5.74) is 8.34. The Hall–Kier alpha value is -1.62. The monoisotopic (exact) mass is 291 g/mol.